The molecule has 3 aliphatic rings. The van der Waals surface area contributed by atoms with Crippen LogP contribution < -0.4 is 10.2 Å². The number of hydrogen-bond donors (Lipinski definition) is 2. The highest BCUT2D eigenvalue weighted by molar-refractivity contribution is 7.14. The number of aliphatic hydroxyl groups is 1. The van der Waals surface area contributed by atoms with E-state index in [2.05, 4.69) is 15.1 Å². The molecule has 5 rings (SSSR count). The maximum atomic E-state index is 13.8. The summed E-state index contributed by atoms with van der Waals surface area (Å²) in [7, 11) is 1.73. The Labute approximate surface area is 250 Å². The molecule has 4 atom stereocenters. The summed E-state index contributed by atoms with van der Waals surface area (Å²) in [6.45, 7) is 11.1. The van der Waals surface area contributed by atoms with Crippen LogP contribution in [0.4, 0.5) is 5.13 Å². The Morgan fingerprint density at radius 2 is 1.93 bits per heavy atom. The van der Waals surface area contributed by atoms with Crippen LogP contribution in [0.5, 0.6) is 0 Å². The van der Waals surface area contributed by atoms with Crippen LogP contribution in [0.25, 0.3) is 11.3 Å². The second kappa shape index (κ2) is 12.8. The number of carbonyl (C=O) groups is 3. The smallest absolute Gasteiger partial charge is 0.251 e. The van der Waals surface area contributed by atoms with Crippen molar-refractivity contribution in [2.24, 2.45) is 5.41 Å². The number of benzene rings is 1. The average Bonchev–Trinajstić information content (AvgIpc) is 3.72. The molecule has 0 aliphatic carbocycles. The summed E-state index contributed by atoms with van der Waals surface area (Å²) in [5, 5.41) is 16.4. The Balaban J connectivity index is 1.25. The number of likely N-dealkylation sites (tertiary alicyclic amines) is 1. The summed E-state index contributed by atoms with van der Waals surface area (Å²) in [5.41, 5.74) is 1.59. The number of hydrogen-bond acceptors (Lipinski definition) is 10. The lowest BCUT2D eigenvalue weighted by Gasteiger charge is -2.36. The van der Waals surface area contributed by atoms with Crippen LogP contribution in [0.15, 0.2) is 29.6 Å². The summed E-state index contributed by atoms with van der Waals surface area (Å²) in [5.74, 6) is -0.988. The van der Waals surface area contributed by atoms with Crippen LogP contribution in [0.3, 0.4) is 0 Å². The van der Waals surface area contributed by atoms with E-state index >= 15 is 0 Å². The van der Waals surface area contributed by atoms with E-state index in [-0.39, 0.29) is 30.7 Å². The van der Waals surface area contributed by atoms with Crippen LogP contribution in [0, 0.1) is 5.41 Å². The van der Waals surface area contributed by atoms with E-state index in [1.54, 1.807) is 30.6 Å². The van der Waals surface area contributed by atoms with Gasteiger partial charge in [0.25, 0.3) is 5.91 Å². The SMILES string of the molecule is CCC(C)(C)[C@H](NC(=O)c1ccc(-c2csc(N3CCN(CCOC)CC3)n2)cc1)C(=O)N1C[C@H](O)[C@H]2OCC(=O)[C@H]21. The summed E-state index contributed by atoms with van der Waals surface area (Å²) in [6, 6.07) is 5.51. The zero-order chi connectivity index (χ0) is 30.0. The number of nitrogens with zero attached hydrogens (tertiary/aromatic N) is 4. The minimum absolute atomic E-state index is 0.0000997. The molecule has 3 aliphatic heterocycles. The van der Waals surface area contributed by atoms with Gasteiger partial charge >= 0.3 is 0 Å². The molecule has 1 aromatic carbocycles. The van der Waals surface area contributed by atoms with E-state index in [1.807, 2.05) is 38.3 Å². The third-order valence-corrected chi connectivity index (χ3v) is 9.75. The standard InChI is InChI=1S/C30H41N5O6S/c1-5-30(2,3)26(28(39)35-16-22(36)25-24(35)23(37)17-41-25)32-27(38)20-8-6-19(7-9-20)21-18-42-29(31-21)34-12-10-33(11-13-34)14-15-40-4/h6-9,18,22,24-26,36H,5,10-17H2,1-4H3,(H,32,38)/t22-,24+,25+,26+/m0/s1. The molecule has 0 bridgehead atoms. The Kier molecular flexibility index (Phi) is 9.28. The molecule has 0 spiro atoms. The summed E-state index contributed by atoms with van der Waals surface area (Å²) < 4.78 is 10.6. The topological polar surface area (TPSA) is 125 Å². The molecule has 4 heterocycles. The molecule has 0 saturated carbocycles. The van der Waals surface area contributed by atoms with Gasteiger partial charge in [0.15, 0.2) is 10.9 Å². The molecular weight excluding hydrogens is 558 g/mol. The van der Waals surface area contributed by atoms with Gasteiger partial charge in [0.05, 0.1) is 18.8 Å². The number of methoxy groups -OCH3 is 1. The molecule has 12 heteroatoms. The number of aromatic nitrogens is 1. The lowest BCUT2D eigenvalue weighted by molar-refractivity contribution is -0.140. The van der Waals surface area contributed by atoms with Gasteiger partial charge in [-0.25, -0.2) is 4.98 Å². The van der Waals surface area contributed by atoms with Crippen molar-refractivity contribution in [3.8, 4) is 11.3 Å². The number of carbonyl (C=O) groups excluding carboxylic acids is 3. The van der Waals surface area contributed by atoms with Gasteiger partial charge in [-0.15, -0.1) is 11.3 Å². The average molecular weight is 600 g/mol. The van der Waals surface area contributed by atoms with Crippen LogP contribution in [0.1, 0.15) is 37.6 Å². The predicted molar refractivity (Wildman–Crippen MR) is 160 cm³/mol. The van der Waals surface area contributed by atoms with E-state index in [0.29, 0.717) is 12.0 Å². The number of fused-ring (bicyclic) bond motifs is 1. The van der Waals surface area contributed by atoms with Crippen LogP contribution in [-0.2, 0) is 19.1 Å². The first-order valence-corrected chi connectivity index (χ1v) is 15.5. The first-order chi connectivity index (χ1) is 20.1. The largest absolute Gasteiger partial charge is 0.388 e. The quantitative estimate of drug-likeness (QED) is 0.420. The van der Waals surface area contributed by atoms with Crippen molar-refractivity contribution < 1.29 is 29.0 Å². The molecule has 3 saturated heterocycles. The molecule has 2 N–H and O–H groups in total. The highest BCUT2D eigenvalue weighted by atomic mass is 32.1. The molecule has 2 aromatic rings. The molecule has 3 fully saturated rings. The number of amides is 2. The third kappa shape index (κ3) is 6.23. The highest BCUT2D eigenvalue weighted by Gasteiger charge is 2.54. The number of rotatable bonds is 10. The number of anilines is 1. The molecular formula is C30H41N5O6S. The van der Waals surface area contributed by atoms with Crippen molar-refractivity contribution in [3.05, 3.63) is 35.2 Å². The number of β-amino-alcohol motifs (C(OH)–C–C–N with tert-alkyl or cyclic N) is 1. The number of nitrogens with one attached hydrogen (secondary N) is 1. The van der Waals surface area contributed by atoms with Gasteiger partial charge < -0.3 is 29.7 Å². The Morgan fingerprint density at radius 1 is 1.21 bits per heavy atom. The van der Waals surface area contributed by atoms with Crippen molar-refractivity contribution in [3.63, 3.8) is 0 Å². The number of ketones is 1. The van der Waals surface area contributed by atoms with Crippen molar-refractivity contribution in [1.82, 2.24) is 20.1 Å². The minimum atomic E-state index is -0.934. The van der Waals surface area contributed by atoms with Gasteiger partial charge in [0.1, 0.15) is 30.9 Å². The van der Waals surface area contributed by atoms with Gasteiger partial charge in [-0.05, 0) is 24.0 Å². The fourth-order valence-electron chi connectivity index (χ4n) is 5.75. The van der Waals surface area contributed by atoms with Gasteiger partial charge in [-0.2, -0.15) is 0 Å². The van der Waals surface area contributed by atoms with E-state index in [4.69, 9.17) is 14.5 Å². The van der Waals surface area contributed by atoms with Crippen molar-refractivity contribution >= 4 is 34.1 Å². The fraction of sp³-hybridized carbons (Fsp3) is 0.600. The second-order valence-electron chi connectivity index (χ2n) is 11.9. The monoisotopic (exact) mass is 599 g/mol. The Hall–Kier alpha value is -2.90. The Bertz CT molecular complexity index is 1280. The van der Waals surface area contributed by atoms with Crippen molar-refractivity contribution in [1.29, 1.82) is 0 Å². The number of thiazole rings is 1. The zero-order valence-corrected chi connectivity index (χ0v) is 25.6. The maximum Gasteiger partial charge on any atom is 0.251 e. The molecule has 2 amide bonds. The lowest BCUT2D eigenvalue weighted by Crippen LogP contribution is -2.57. The van der Waals surface area contributed by atoms with Crippen molar-refractivity contribution in [2.75, 3.05) is 64.5 Å². The first kappa shape index (κ1) is 30.6. The van der Waals surface area contributed by atoms with Crippen LogP contribution >= 0.6 is 11.3 Å². The minimum Gasteiger partial charge on any atom is -0.388 e. The number of aliphatic hydroxyl groups excluding tert-OH is 1. The molecule has 0 unspecified atom stereocenters. The van der Waals surface area contributed by atoms with E-state index in [9.17, 15) is 19.5 Å². The molecule has 42 heavy (non-hydrogen) atoms. The molecule has 1 aromatic heterocycles. The fourth-order valence-corrected chi connectivity index (χ4v) is 6.64. The molecule has 228 valence electrons. The molecule has 0 radical (unpaired) electrons. The van der Waals surface area contributed by atoms with Crippen molar-refractivity contribution in [2.45, 2.75) is 51.5 Å². The number of piperazine rings is 1. The highest BCUT2D eigenvalue weighted by Crippen LogP contribution is 2.33. The van der Waals surface area contributed by atoms with Crippen LogP contribution in [-0.4, -0.2) is 121 Å². The number of ether oxygens (including phenoxy) is 2. The normalized spacial score (nSPS) is 23.7. The summed E-state index contributed by atoms with van der Waals surface area (Å²) in [4.78, 5) is 50.5. The lowest BCUT2D eigenvalue weighted by atomic mass is 9.80. The van der Waals surface area contributed by atoms with Gasteiger partial charge in [0.2, 0.25) is 5.91 Å². The van der Waals surface area contributed by atoms with Crippen LogP contribution in [0.2, 0.25) is 0 Å². The van der Waals surface area contributed by atoms with Gasteiger partial charge in [-0.3, -0.25) is 19.3 Å². The maximum absolute atomic E-state index is 13.8. The predicted octanol–water partition coefficient (Wildman–Crippen LogP) is 1.65. The summed E-state index contributed by atoms with van der Waals surface area (Å²) in [6.07, 6.45) is -1.03. The zero-order valence-electron chi connectivity index (χ0n) is 24.7. The Morgan fingerprint density at radius 3 is 2.60 bits per heavy atom. The first-order valence-electron chi connectivity index (χ1n) is 14.6. The number of Topliss-reactive ketones (excluding diaryl/α,β-unsaturated/α-hetero) is 1. The second-order valence-corrected chi connectivity index (χ2v) is 12.7. The van der Waals surface area contributed by atoms with E-state index < -0.39 is 29.7 Å². The van der Waals surface area contributed by atoms with E-state index in [0.717, 1.165) is 55.7 Å². The third-order valence-electron chi connectivity index (χ3n) is 8.85. The molecule has 11 nitrogen and oxygen atoms in total. The van der Waals surface area contributed by atoms with Gasteiger partial charge in [0, 0.05) is 56.3 Å². The van der Waals surface area contributed by atoms with E-state index in [1.165, 1.54) is 4.90 Å². The summed E-state index contributed by atoms with van der Waals surface area (Å²) >= 11 is 1.62. The van der Waals surface area contributed by atoms with Gasteiger partial charge in [-0.1, -0.05) is 32.9 Å².